The maximum Gasteiger partial charge on any atom is 0.173 e. The van der Waals surface area contributed by atoms with Crippen molar-refractivity contribution in [1.29, 1.82) is 0 Å². The van der Waals surface area contributed by atoms with E-state index in [1.807, 2.05) is 61.3 Å². The Morgan fingerprint density at radius 2 is 1.81 bits per heavy atom. The van der Waals surface area contributed by atoms with Gasteiger partial charge in [-0.3, -0.25) is 0 Å². The summed E-state index contributed by atoms with van der Waals surface area (Å²) in [5.41, 5.74) is 3.19. The number of nitrogens with one attached hydrogen (secondary N) is 1. The Morgan fingerprint density at radius 3 is 2.50 bits per heavy atom. The lowest BCUT2D eigenvalue weighted by Crippen LogP contribution is -2.36. The maximum atomic E-state index is 6.20. The van der Waals surface area contributed by atoms with E-state index in [2.05, 4.69) is 29.9 Å². The van der Waals surface area contributed by atoms with E-state index in [1.54, 1.807) is 0 Å². The van der Waals surface area contributed by atoms with Gasteiger partial charge in [0.1, 0.15) is 5.75 Å². The molecule has 174 valence electrons. The van der Waals surface area contributed by atoms with Crippen molar-refractivity contribution in [3.63, 3.8) is 0 Å². The molecule has 0 fully saturated rings. The number of hydrogen-bond donors (Lipinski definition) is 1. The number of anilines is 1. The monoisotopic (exact) mass is 473 g/mol. The Morgan fingerprint density at radius 1 is 1.09 bits per heavy atom. The van der Waals surface area contributed by atoms with Gasteiger partial charge >= 0.3 is 0 Å². The number of nitrogens with zero attached hydrogens (tertiary/aromatic N) is 2. The molecule has 0 amide bonds. The molecule has 0 aliphatic rings. The van der Waals surface area contributed by atoms with E-state index in [4.69, 9.17) is 28.6 Å². The maximum absolute atomic E-state index is 6.20. The minimum atomic E-state index is 0.634. The lowest BCUT2D eigenvalue weighted by atomic mass is 10.1. The second-order valence-corrected chi connectivity index (χ2v) is 8.90. The van der Waals surface area contributed by atoms with E-state index in [9.17, 15) is 0 Å². The average molecular weight is 474 g/mol. The van der Waals surface area contributed by atoms with E-state index < -0.39 is 0 Å². The SMILES string of the molecule is C=CCN(C)CCCCCCOc1ccc(N(C)C(=S)NCc2ccc(C)c(Cl)c2)cc1. The van der Waals surface area contributed by atoms with Crippen molar-refractivity contribution < 1.29 is 4.74 Å². The summed E-state index contributed by atoms with van der Waals surface area (Å²) in [5, 5.41) is 4.73. The fraction of sp³-hybridized carbons (Fsp3) is 0.423. The van der Waals surface area contributed by atoms with Crippen LogP contribution in [0.15, 0.2) is 55.1 Å². The van der Waals surface area contributed by atoms with Crippen molar-refractivity contribution in [3.8, 4) is 5.75 Å². The number of thiocarbonyl (C=S) groups is 1. The third-order valence-corrected chi connectivity index (χ3v) is 6.18. The number of benzene rings is 2. The highest BCUT2D eigenvalue weighted by Gasteiger charge is 2.08. The van der Waals surface area contributed by atoms with Crippen LogP contribution in [0.25, 0.3) is 0 Å². The number of likely N-dealkylation sites (N-methyl/N-ethyl adjacent to an activating group) is 1. The highest BCUT2D eigenvalue weighted by molar-refractivity contribution is 7.80. The van der Waals surface area contributed by atoms with Crippen LogP contribution in [0.3, 0.4) is 0 Å². The minimum Gasteiger partial charge on any atom is -0.494 e. The highest BCUT2D eigenvalue weighted by atomic mass is 35.5. The Hall–Kier alpha value is -2.08. The third-order valence-electron chi connectivity index (χ3n) is 5.35. The Bertz CT molecular complexity index is 857. The number of unbranched alkanes of at least 4 members (excludes halogenated alkanes) is 3. The summed E-state index contributed by atoms with van der Waals surface area (Å²) in [6.07, 6.45) is 6.66. The van der Waals surface area contributed by atoms with Crippen LogP contribution in [0, 0.1) is 6.92 Å². The number of rotatable bonds is 13. The normalized spacial score (nSPS) is 10.8. The Labute approximate surface area is 204 Å². The topological polar surface area (TPSA) is 27.7 Å². The first-order chi connectivity index (χ1) is 15.4. The van der Waals surface area contributed by atoms with Gasteiger partial charge < -0.3 is 19.9 Å². The molecule has 0 radical (unpaired) electrons. The molecule has 6 heteroatoms. The molecule has 0 aliphatic carbocycles. The van der Waals surface area contributed by atoms with Crippen LogP contribution in [0.5, 0.6) is 5.75 Å². The zero-order valence-corrected chi connectivity index (χ0v) is 21.1. The summed E-state index contributed by atoms with van der Waals surface area (Å²) in [6, 6.07) is 14.1. The molecule has 1 N–H and O–H groups in total. The van der Waals surface area contributed by atoms with Gasteiger partial charge in [-0.05, 0) is 87.0 Å². The van der Waals surface area contributed by atoms with Crippen molar-refractivity contribution in [2.45, 2.75) is 39.2 Å². The molecule has 2 rings (SSSR count). The summed E-state index contributed by atoms with van der Waals surface area (Å²) in [7, 11) is 4.09. The average Bonchev–Trinajstić information content (AvgIpc) is 2.79. The quantitative estimate of drug-likeness (QED) is 0.212. The molecule has 0 heterocycles. The molecule has 2 aromatic carbocycles. The van der Waals surface area contributed by atoms with E-state index in [1.165, 1.54) is 19.3 Å². The van der Waals surface area contributed by atoms with E-state index >= 15 is 0 Å². The molecule has 0 bridgehead atoms. The third kappa shape index (κ3) is 9.19. The summed E-state index contributed by atoms with van der Waals surface area (Å²) in [6.45, 7) is 9.23. The summed E-state index contributed by atoms with van der Waals surface area (Å²) >= 11 is 11.7. The smallest absolute Gasteiger partial charge is 0.173 e. The van der Waals surface area contributed by atoms with Gasteiger partial charge in [-0.2, -0.15) is 0 Å². The van der Waals surface area contributed by atoms with E-state index in [-0.39, 0.29) is 0 Å². The molecule has 0 saturated carbocycles. The molecule has 0 aliphatic heterocycles. The largest absolute Gasteiger partial charge is 0.494 e. The predicted molar refractivity (Wildman–Crippen MR) is 142 cm³/mol. The van der Waals surface area contributed by atoms with Crippen molar-refractivity contribution in [2.24, 2.45) is 0 Å². The van der Waals surface area contributed by atoms with Crippen LogP contribution in [0.4, 0.5) is 5.69 Å². The highest BCUT2D eigenvalue weighted by Crippen LogP contribution is 2.20. The van der Waals surface area contributed by atoms with Crippen molar-refractivity contribution in [3.05, 3.63) is 71.3 Å². The van der Waals surface area contributed by atoms with Gasteiger partial charge in [0, 0.05) is 30.8 Å². The molecule has 0 unspecified atom stereocenters. The Kier molecular flexibility index (Phi) is 11.6. The van der Waals surface area contributed by atoms with Crippen LogP contribution in [0.2, 0.25) is 5.02 Å². The second kappa shape index (κ2) is 14.1. The predicted octanol–water partition coefficient (Wildman–Crippen LogP) is 6.22. The van der Waals surface area contributed by atoms with E-state index in [0.29, 0.717) is 11.7 Å². The van der Waals surface area contributed by atoms with Gasteiger partial charge in [-0.1, -0.05) is 42.7 Å². The van der Waals surface area contributed by atoms with Crippen molar-refractivity contribution in [2.75, 3.05) is 38.7 Å². The first kappa shape index (κ1) is 26.2. The molecule has 32 heavy (non-hydrogen) atoms. The van der Waals surface area contributed by atoms with E-state index in [0.717, 1.165) is 53.7 Å². The molecular formula is C26H36ClN3OS. The summed E-state index contributed by atoms with van der Waals surface area (Å²) < 4.78 is 5.89. The summed E-state index contributed by atoms with van der Waals surface area (Å²) in [4.78, 5) is 4.25. The molecule has 2 aromatic rings. The first-order valence-electron chi connectivity index (χ1n) is 11.2. The second-order valence-electron chi connectivity index (χ2n) is 8.11. The number of hydrogen-bond acceptors (Lipinski definition) is 3. The van der Waals surface area contributed by atoms with Gasteiger partial charge in [0.25, 0.3) is 0 Å². The molecule has 0 saturated heterocycles. The van der Waals surface area contributed by atoms with Gasteiger partial charge in [-0.25, -0.2) is 0 Å². The Balaban J connectivity index is 1.67. The molecule has 0 aromatic heterocycles. The number of ether oxygens (including phenoxy) is 1. The lowest BCUT2D eigenvalue weighted by Gasteiger charge is -2.21. The standard InChI is InChI=1S/C26H36ClN3OS/c1-5-16-29(3)17-8-6-7-9-18-31-24-14-12-23(13-15-24)30(4)26(32)28-20-22-11-10-21(2)25(27)19-22/h5,10-15,19H,1,6-9,16-18,20H2,2-4H3,(H,28,32). The molecular weight excluding hydrogens is 438 g/mol. The van der Waals surface area contributed by atoms with Crippen LogP contribution in [-0.2, 0) is 6.54 Å². The van der Waals surface area contributed by atoms with Crippen LogP contribution >= 0.6 is 23.8 Å². The zero-order valence-electron chi connectivity index (χ0n) is 19.6. The van der Waals surface area contributed by atoms with Gasteiger partial charge in [0.05, 0.1) is 6.61 Å². The minimum absolute atomic E-state index is 0.634. The van der Waals surface area contributed by atoms with Gasteiger partial charge in [-0.15, -0.1) is 6.58 Å². The van der Waals surface area contributed by atoms with Crippen LogP contribution in [0.1, 0.15) is 36.8 Å². The van der Waals surface area contributed by atoms with Crippen LogP contribution in [-0.4, -0.2) is 43.8 Å². The van der Waals surface area contributed by atoms with Gasteiger partial charge in [0.15, 0.2) is 5.11 Å². The number of aryl methyl sites for hydroxylation is 1. The zero-order chi connectivity index (χ0) is 23.3. The fourth-order valence-corrected chi connectivity index (χ4v) is 3.65. The summed E-state index contributed by atoms with van der Waals surface area (Å²) in [5.74, 6) is 0.890. The molecule has 4 nitrogen and oxygen atoms in total. The first-order valence-corrected chi connectivity index (χ1v) is 12.0. The fourth-order valence-electron chi connectivity index (χ4n) is 3.26. The number of halogens is 1. The van der Waals surface area contributed by atoms with Crippen molar-refractivity contribution in [1.82, 2.24) is 10.2 Å². The van der Waals surface area contributed by atoms with Gasteiger partial charge in [0.2, 0.25) is 0 Å². The molecule has 0 atom stereocenters. The lowest BCUT2D eigenvalue weighted by molar-refractivity contribution is 0.300. The van der Waals surface area contributed by atoms with Crippen molar-refractivity contribution >= 4 is 34.6 Å². The van der Waals surface area contributed by atoms with Crippen LogP contribution < -0.4 is 15.0 Å². The molecule has 0 spiro atoms.